The first kappa shape index (κ1) is 14.1. The van der Waals surface area contributed by atoms with Crippen molar-refractivity contribution in [3.05, 3.63) is 11.9 Å². The molecule has 0 saturated heterocycles. The van der Waals surface area contributed by atoms with Gasteiger partial charge in [-0.15, -0.1) is 0 Å². The van der Waals surface area contributed by atoms with Crippen LogP contribution in [0.1, 0.15) is 58.7 Å². The number of nitrogens with one attached hydrogen (secondary N) is 2. The average Bonchev–Trinajstić information content (AvgIpc) is 2.26. The van der Waals surface area contributed by atoms with Crippen LogP contribution in [0.4, 0.5) is 11.6 Å². The van der Waals surface area contributed by atoms with E-state index in [4.69, 9.17) is 0 Å². The third-order valence-corrected chi connectivity index (χ3v) is 3.85. The van der Waals surface area contributed by atoms with Gasteiger partial charge in [-0.05, 0) is 32.6 Å². The third kappa shape index (κ3) is 3.58. The first-order valence-corrected chi connectivity index (χ1v) is 7.49. The number of nitrogens with zero attached hydrogens (tertiary/aromatic N) is 2. The monoisotopic (exact) mass is 262 g/mol. The maximum Gasteiger partial charge on any atom is 0.135 e. The van der Waals surface area contributed by atoms with E-state index in [1.807, 2.05) is 6.07 Å². The zero-order valence-electron chi connectivity index (χ0n) is 12.5. The van der Waals surface area contributed by atoms with Crippen molar-refractivity contribution < 1.29 is 0 Å². The lowest BCUT2D eigenvalue weighted by Gasteiger charge is -2.32. The fraction of sp³-hybridized carbons (Fsp3) is 0.733. The van der Waals surface area contributed by atoms with Gasteiger partial charge in [-0.3, -0.25) is 0 Å². The zero-order valence-corrected chi connectivity index (χ0v) is 12.5. The molecule has 4 heteroatoms. The first-order valence-electron chi connectivity index (χ1n) is 7.49. The summed E-state index contributed by atoms with van der Waals surface area (Å²) < 4.78 is 0. The Morgan fingerprint density at radius 1 is 1.21 bits per heavy atom. The fourth-order valence-electron chi connectivity index (χ4n) is 2.36. The predicted octanol–water partition coefficient (Wildman–Crippen LogP) is 3.63. The van der Waals surface area contributed by atoms with Gasteiger partial charge in [0.15, 0.2) is 0 Å². The predicted molar refractivity (Wildman–Crippen MR) is 80.7 cm³/mol. The number of aromatic nitrogens is 2. The molecule has 106 valence electrons. The largest absolute Gasteiger partial charge is 0.370 e. The average molecular weight is 262 g/mol. The minimum Gasteiger partial charge on any atom is -0.370 e. The molecule has 0 bridgehead atoms. The van der Waals surface area contributed by atoms with Crippen molar-refractivity contribution in [1.29, 1.82) is 0 Å². The second-order valence-electron chi connectivity index (χ2n) is 5.81. The molecule has 0 spiro atoms. The number of rotatable bonds is 6. The highest BCUT2D eigenvalue weighted by molar-refractivity contribution is 5.48. The molecule has 1 aliphatic carbocycles. The molecule has 1 fully saturated rings. The Labute approximate surface area is 116 Å². The fourth-order valence-corrected chi connectivity index (χ4v) is 2.36. The Morgan fingerprint density at radius 3 is 2.42 bits per heavy atom. The standard InChI is InChI=1S/C15H26N4/c1-5-16-13-9-14(19-15(18-13)10(2)3)17-11(4)12-7-6-8-12/h9-12H,5-8H2,1-4H3,(H2,16,17,18,19). The Morgan fingerprint density at radius 2 is 1.89 bits per heavy atom. The van der Waals surface area contributed by atoms with Gasteiger partial charge >= 0.3 is 0 Å². The van der Waals surface area contributed by atoms with E-state index >= 15 is 0 Å². The number of anilines is 2. The highest BCUT2D eigenvalue weighted by Crippen LogP contribution is 2.31. The van der Waals surface area contributed by atoms with Crippen molar-refractivity contribution in [2.75, 3.05) is 17.2 Å². The van der Waals surface area contributed by atoms with Crippen LogP contribution < -0.4 is 10.6 Å². The smallest absolute Gasteiger partial charge is 0.135 e. The van der Waals surface area contributed by atoms with E-state index in [9.17, 15) is 0 Å². The van der Waals surface area contributed by atoms with Gasteiger partial charge in [0.25, 0.3) is 0 Å². The zero-order chi connectivity index (χ0) is 13.8. The van der Waals surface area contributed by atoms with Crippen LogP contribution in [-0.2, 0) is 0 Å². The van der Waals surface area contributed by atoms with Crippen molar-refractivity contribution in [3.8, 4) is 0 Å². The van der Waals surface area contributed by atoms with E-state index in [1.54, 1.807) is 0 Å². The van der Waals surface area contributed by atoms with Crippen LogP contribution in [0.5, 0.6) is 0 Å². The second-order valence-corrected chi connectivity index (χ2v) is 5.81. The second kappa shape index (κ2) is 6.22. The Bertz CT molecular complexity index is 413. The molecule has 19 heavy (non-hydrogen) atoms. The van der Waals surface area contributed by atoms with E-state index in [-0.39, 0.29) is 0 Å². The molecule has 1 atom stereocenters. The van der Waals surface area contributed by atoms with Crippen molar-refractivity contribution >= 4 is 11.6 Å². The molecule has 2 N–H and O–H groups in total. The maximum absolute atomic E-state index is 4.63. The van der Waals surface area contributed by atoms with Crippen LogP contribution in [0.3, 0.4) is 0 Å². The summed E-state index contributed by atoms with van der Waals surface area (Å²) in [7, 11) is 0. The van der Waals surface area contributed by atoms with Gasteiger partial charge in [0.1, 0.15) is 17.5 Å². The van der Waals surface area contributed by atoms with Crippen LogP contribution in [0, 0.1) is 5.92 Å². The molecule has 1 aromatic heterocycles. The summed E-state index contributed by atoms with van der Waals surface area (Å²) in [6, 6.07) is 2.52. The van der Waals surface area contributed by atoms with Crippen LogP contribution in [0.25, 0.3) is 0 Å². The van der Waals surface area contributed by atoms with Gasteiger partial charge in [-0.1, -0.05) is 20.3 Å². The molecule has 1 unspecified atom stereocenters. The lowest BCUT2D eigenvalue weighted by Crippen LogP contribution is -2.31. The Hall–Kier alpha value is -1.32. The van der Waals surface area contributed by atoms with E-state index in [0.717, 1.165) is 29.9 Å². The van der Waals surface area contributed by atoms with Crippen molar-refractivity contribution in [2.45, 2.75) is 58.9 Å². The van der Waals surface area contributed by atoms with Crippen molar-refractivity contribution in [1.82, 2.24) is 9.97 Å². The van der Waals surface area contributed by atoms with Crippen molar-refractivity contribution in [2.24, 2.45) is 5.92 Å². The summed E-state index contributed by atoms with van der Waals surface area (Å²) in [5, 5.41) is 6.83. The quantitative estimate of drug-likeness (QED) is 0.822. The topological polar surface area (TPSA) is 49.8 Å². The third-order valence-electron chi connectivity index (χ3n) is 3.85. The van der Waals surface area contributed by atoms with E-state index in [1.165, 1.54) is 19.3 Å². The molecular formula is C15H26N4. The summed E-state index contributed by atoms with van der Waals surface area (Å²) in [5.74, 6) is 3.93. The SMILES string of the molecule is CCNc1cc(NC(C)C2CCC2)nc(C(C)C)n1. The highest BCUT2D eigenvalue weighted by Gasteiger charge is 2.24. The van der Waals surface area contributed by atoms with E-state index in [2.05, 4.69) is 48.3 Å². The van der Waals surface area contributed by atoms with Crippen LogP contribution in [0.2, 0.25) is 0 Å². The Balaban J connectivity index is 2.12. The number of hydrogen-bond donors (Lipinski definition) is 2. The molecule has 0 aliphatic heterocycles. The molecule has 1 aromatic rings. The molecule has 4 nitrogen and oxygen atoms in total. The summed E-state index contributed by atoms with van der Waals surface area (Å²) in [5.41, 5.74) is 0. The maximum atomic E-state index is 4.63. The van der Waals surface area contributed by atoms with Gasteiger partial charge < -0.3 is 10.6 Å². The van der Waals surface area contributed by atoms with Crippen molar-refractivity contribution in [3.63, 3.8) is 0 Å². The molecular weight excluding hydrogens is 236 g/mol. The van der Waals surface area contributed by atoms with Gasteiger partial charge in [-0.2, -0.15) is 0 Å². The lowest BCUT2D eigenvalue weighted by molar-refractivity contribution is 0.285. The van der Waals surface area contributed by atoms with Gasteiger partial charge in [0.2, 0.25) is 0 Å². The molecule has 2 rings (SSSR count). The van der Waals surface area contributed by atoms with Gasteiger partial charge in [-0.25, -0.2) is 9.97 Å². The minimum atomic E-state index is 0.346. The first-order chi connectivity index (χ1) is 9.10. The van der Waals surface area contributed by atoms with Gasteiger partial charge in [0.05, 0.1) is 0 Å². The lowest BCUT2D eigenvalue weighted by atomic mass is 9.80. The molecule has 1 aliphatic rings. The minimum absolute atomic E-state index is 0.346. The summed E-state index contributed by atoms with van der Waals surface area (Å²) >= 11 is 0. The summed E-state index contributed by atoms with van der Waals surface area (Å²) in [6.45, 7) is 9.48. The Kier molecular flexibility index (Phi) is 4.61. The molecule has 1 heterocycles. The molecule has 0 radical (unpaired) electrons. The molecule has 0 amide bonds. The van der Waals surface area contributed by atoms with Crippen LogP contribution in [0.15, 0.2) is 6.07 Å². The normalized spacial score (nSPS) is 17.1. The molecule has 0 aromatic carbocycles. The van der Waals surface area contributed by atoms with Gasteiger partial charge in [0, 0.05) is 24.6 Å². The number of hydrogen-bond acceptors (Lipinski definition) is 4. The highest BCUT2D eigenvalue weighted by atomic mass is 15.1. The molecule has 1 saturated carbocycles. The van der Waals surface area contributed by atoms with Crippen LogP contribution >= 0.6 is 0 Å². The van der Waals surface area contributed by atoms with E-state index < -0.39 is 0 Å². The summed E-state index contributed by atoms with van der Waals surface area (Å²) in [6.07, 6.45) is 4.06. The van der Waals surface area contributed by atoms with E-state index in [0.29, 0.717) is 12.0 Å². The summed E-state index contributed by atoms with van der Waals surface area (Å²) in [4.78, 5) is 9.18. The van der Waals surface area contributed by atoms with Crippen LogP contribution in [-0.4, -0.2) is 22.6 Å².